The Hall–Kier alpha value is -2.69. The van der Waals surface area contributed by atoms with E-state index in [1.54, 1.807) is 26.3 Å². The number of hydrogen-bond donors (Lipinski definition) is 1. The fourth-order valence-electron chi connectivity index (χ4n) is 2.51. The van der Waals surface area contributed by atoms with E-state index in [2.05, 4.69) is 0 Å². The number of aromatic hydroxyl groups is 1. The van der Waals surface area contributed by atoms with E-state index >= 15 is 0 Å². The minimum atomic E-state index is -0.574. The van der Waals surface area contributed by atoms with E-state index < -0.39 is 6.10 Å². The molecule has 0 saturated carbocycles. The van der Waals surface area contributed by atoms with E-state index in [0.29, 0.717) is 17.9 Å². The molecule has 1 aliphatic rings. The standard InChI is InChI=1S/C17H17NO4/c1-18-14-10-12(19)5-8-15(14)22-16(17(18)20)9-11-3-6-13(21-2)7-4-11/h3-8,10,16,19H,9H2,1-2H3. The van der Waals surface area contributed by atoms with E-state index in [1.807, 2.05) is 24.3 Å². The molecule has 0 fully saturated rings. The lowest BCUT2D eigenvalue weighted by atomic mass is 10.0. The molecule has 0 radical (unpaired) electrons. The average Bonchev–Trinajstić information content (AvgIpc) is 2.54. The Morgan fingerprint density at radius 1 is 1.23 bits per heavy atom. The van der Waals surface area contributed by atoms with E-state index in [-0.39, 0.29) is 11.7 Å². The van der Waals surface area contributed by atoms with Gasteiger partial charge in [-0.05, 0) is 29.8 Å². The van der Waals surface area contributed by atoms with Crippen LogP contribution in [0.5, 0.6) is 17.2 Å². The van der Waals surface area contributed by atoms with Crippen molar-refractivity contribution in [3.8, 4) is 17.2 Å². The number of likely N-dealkylation sites (N-methyl/N-ethyl adjacent to an activating group) is 1. The second kappa shape index (κ2) is 5.60. The van der Waals surface area contributed by atoms with Gasteiger partial charge < -0.3 is 19.5 Å². The number of benzene rings is 2. The lowest BCUT2D eigenvalue weighted by Crippen LogP contribution is -2.44. The first-order chi connectivity index (χ1) is 10.6. The summed E-state index contributed by atoms with van der Waals surface area (Å²) in [6, 6.07) is 12.3. The van der Waals surface area contributed by atoms with Crippen molar-refractivity contribution >= 4 is 11.6 Å². The third kappa shape index (κ3) is 2.57. The quantitative estimate of drug-likeness (QED) is 0.945. The summed E-state index contributed by atoms with van der Waals surface area (Å²) in [6.45, 7) is 0. The number of nitrogens with zero attached hydrogens (tertiary/aromatic N) is 1. The minimum absolute atomic E-state index is 0.107. The third-order valence-corrected chi connectivity index (χ3v) is 3.76. The van der Waals surface area contributed by atoms with Gasteiger partial charge >= 0.3 is 0 Å². The van der Waals surface area contributed by atoms with Gasteiger partial charge in [-0.2, -0.15) is 0 Å². The zero-order chi connectivity index (χ0) is 15.7. The second-order valence-electron chi connectivity index (χ2n) is 5.21. The second-order valence-corrected chi connectivity index (χ2v) is 5.21. The molecule has 5 nitrogen and oxygen atoms in total. The van der Waals surface area contributed by atoms with Gasteiger partial charge in [0.05, 0.1) is 12.8 Å². The van der Waals surface area contributed by atoms with Gasteiger partial charge in [0.15, 0.2) is 6.10 Å². The van der Waals surface area contributed by atoms with Crippen LogP contribution in [0.2, 0.25) is 0 Å². The van der Waals surface area contributed by atoms with E-state index in [4.69, 9.17) is 9.47 Å². The Labute approximate surface area is 128 Å². The monoisotopic (exact) mass is 299 g/mol. The first-order valence-electron chi connectivity index (χ1n) is 6.98. The highest BCUT2D eigenvalue weighted by Crippen LogP contribution is 2.36. The van der Waals surface area contributed by atoms with Gasteiger partial charge in [0, 0.05) is 19.5 Å². The fraction of sp³-hybridized carbons (Fsp3) is 0.235. The molecular weight excluding hydrogens is 282 g/mol. The SMILES string of the molecule is COc1ccc(CC2Oc3ccc(O)cc3N(C)C2=O)cc1. The van der Waals surface area contributed by atoms with E-state index in [1.165, 1.54) is 11.0 Å². The number of carbonyl (C=O) groups is 1. The highest BCUT2D eigenvalue weighted by atomic mass is 16.5. The van der Waals surface area contributed by atoms with Crippen LogP contribution in [0, 0.1) is 0 Å². The molecule has 1 atom stereocenters. The number of phenols is 1. The normalized spacial score (nSPS) is 16.9. The third-order valence-electron chi connectivity index (χ3n) is 3.76. The maximum absolute atomic E-state index is 12.4. The summed E-state index contributed by atoms with van der Waals surface area (Å²) in [5.41, 5.74) is 1.57. The Morgan fingerprint density at radius 3 is 2.64 bits per heavy atom. The summed E-state index contributed by atoms with van der Waals surface area (Å²) in [7, 11) is 3.30. The van der Waals surface area contributed by atoms with E-state index in [9.17, 15) is 9.90 Å². The number of hydrogen-bond acceptors (Lipinski definition) is 4. The van der Waals surface area contributed by atoms with Crippen molar-refractivity contribution in [2.45, 2.75) is 12.5 Å². The molecule has 1 unspecified atom stereocenters. The lowest BCUT2D eigenvalue weighted by Gasteiger charge is -2.32. The zero-order valence-corrected chi connectivity index (χ0v) is 12.4. The van der Waals surface area contributed by atoms with Crippen LogP contribution in [0.3, 0.4) is 0 Å². The smallest absolute Gasteiger partial charge is 0.268 e. The molecule has 0 spiro atoms. The maximum Gasteiger partial charge on any atom is 0.268 e. The molecule has 1 N–H and O–H groups in total. The topological polar surface area (TPSA) is 59.0 Å². The molecule has 2 aromatic rings. The molecular formula is C17H17NO4. The summed E-state index contributed by atoms with van der Waals surface area (Å²) in [5, 5.41) is 9.54. The van der Waals surface area contributed by atoms with Crippen LogP contribution in [0.4, 0.5) is 5.69 Å². The number of fused-ring (bicyclic) bond motifs is 1. The van der Waals surface area contributed by atoms with Gasteiger partial charge in [-0.15, -0.1) is 0 Å². The molecule has 0 saturated heterocycles. The van der Waals surface area contributed by atoms with E-state index in [0.717, 1.165) is 11.3 Å². The summed E-state index contributed by atoms with van der Waals surface area (Å²) in [5.74, 6) is 1.35. The largest absolute Gasteiger partial charge is 0.508 e. The molecule has 0 aliphatic carbocycles. The van der Waals surface area contributed by atoms with Crippen molar-refractivity contribution < 1.29 is 19.4 Å². The van der Waals surface area contributed by atoms with Gasteiger partial charge in [0.2, 0.25) is 0 Å². The molecule has 5 heteroatoms. The number of rotatable bonds is 3. The maximum atomic E-state index is 12.4. The molecule has 0 aromatic heterocycles. The molecule has 1 aliphatic heterocycles. The van der Waals surface area contributed by atoms with Gasteiger partial charge in [-0.25, -0.2) is 0 Å². The number of methoxy groups -OCH3 is 1. The van der Waals surface area contributed by atoms with Crippen LogP contribution in [0.15, 0.2) is 42.5 Å². The average molecular weight is 299 g/mol. The number of carbonyl (C=O) groups excluding carboxylic acids is 1. The van der Waals surface area contributed by atoms with Crippen molar-refractivity contribution in [1.29, 1.82) is 0 Å². The predicted octanol–water partition coefficient (Wildman–Crippen LogP) is 2.37. The molecule has 22 heavy (non-hydrogen) atoms. The van der Waals surface area contributed by atoms with Crippen LogP contribution < -0.4 is 14.4 Å². The first-order valence-corrected chi connectivity index (χ1v) is 6.98. The molecule has 2 aromatic carbocycles. The van der Waals surface area contributed by atoms with Crippen molar-refractivity contribution in [3.05, 3.63) is 48.0 Å². The van der Waals surface area contributed by atoms with Crippen molar-refractivity contribution in [3.63, 3.8) is 0 Å². The Morgan fingerprint density at radius 2 is 1.95 bits per heavy atom. The van der Waals surface area contributed by atoms with Crippen LogP contribution in [-0.2, 0) is 11.2 Å². The summed E-state index contributed by atoms with van der Waals surface area (Å²) in [4.78, 5) is 13.9. The van der Waals surface area contributed by atoms with Crippen molar-refractivity contribution in [2.75, 3.05) is 19.1 Å². The molecule has 0 bridgehead atoms. The van der Waals surface area contributed by atoms with Gasteiger partial charge in [-0.1, -0.05) is 12.1 Å². The van der Waals surface area contributed by atoms with Crippen molar-refractivity contribution in [2.24, 2.45) is 0 Å². The summed E-state index contributed by atoms with van der Waals surface area (Å²) >= 11 is 0. The summed E-state index contributed by atoms with van der Waals surface area (Å²) < 4.78 is 10.9. The van der Waals surface area contributed by atoms with Crippen LogP contribution in [0.25, 0.3) is 0 Å². The predicted molar refractivity (Wildman–Crippen MR) is 82.6 cm³/mol. The number of amides is 1. The molecule has 1 amide bonds. The highest BCUT2D eigenvalue weighted by Gasteiger charge is 2.32. The van der Waals surface area contributed by atoms with Crippen LogP contribution in [0.1, 0.15) is 5.56 Å². The van der Waals surface area contributed by atoms with Gasteiger partial charge in [0.1, 0.15) is 17.2 Å². The van der Waals surface area contributed by atoms with Gasteiger partial charge in [0.25, 0.3) is 5.91 Å². The van der Waals surface area contributed by atoms with Crippen molar-refractivity contribution in [1.82, 2.24) is 0 Å². The van der Waals surface area contributed by atoms with Crippen LogP contribution >= 0.6 is 0 Å². The molecule has 3 rings (SSSR count). The Bertz CT molecular complexity index is 696. The molecule has 1 heterocycles. The fourth-order valence-corrected chi connectivity index (χ4v) is 2.51. The number of anilines is 1. The van der Waals surface area contributed by atoms with Gasteiger partial charge in [-0.3, -0.25) is 4.79 Å². The highest BCUT2D eigenvalue weighted by molar-refractivity contribution is 5.99. The van der Waals surface area contributed by atoms with Crippen LogP contribution in [-0.4, -0.2) is 31.3 Å². The summed E-state index contributed by atoms with van der Waals surface area (Å²) in [6.07, 6.45) is -0.0940. The first kappa shape index (κ1) is 14.3. The zero-order valence-electron chi connectivity index (χ0n) is 12.4. The minimum Gasteiger partial charge on any atom is -0.508 e. The molecule has 114 valence electrons. The number of ether oxygens (including phenoxy) is 2. The number of phenolic OH excluding ortho intramolecular Hbond substituents is 1. The lowest BCUT2D eigenvalue weighted by molar-refractivity contribution is -0.125. The Balaban J connectivity index is 1.83. The Kier molecular flexibility index (Phi) is 3.63.